The first kappa shape index (κ1) is 41.8. The van der Waals surface area contributed by atoms with Gasteiger partial charge in [-0.3, -0.25) is 33.6 Å². The average molecular weight is 770 g/mol. The Hall–Kier alpha value is -5.99. The molecule has 1 saturated heterocycles. The van der Waals surface area contributed by atoms with Crippen molar-refractivity contribution in [1.82, 2.24) is 39.9 Å². The Balaban J connectivity index is 1.38. The van der Waals surface area contributed by atoms with Gasteiger partial charge in [0.1, 0.15) is 22.6 Å². The zero-order valence-corrected chi connectivity index (χ0v) is 30.4. The second kappa shape index (κ2) is 19.9. The smallest absolute Gasteiger partial charge is 0.296 e. The summed E-state index contributed by atoms with van der Waals surface area (Å²) in [5.41, 5.74) is 1.63. The lowest BCUT2D eigenvalue weighted by atomic mass is 10.1. The molecule has 2 atom stereocenters. The molecule has 0 aromatic carbocycles. The van der Waals surface area contributed by atoms with Gasteiger partial charge < -0.3 is 51.8 Å². The van der Waals surface area contributed by atoms with Crippen molar-refractivity contribution in [3.63, 3.8) is 0 Å². The summed E-state index contributed by atoms with van der Waals surface area (Å²) in [5, 5.41) is 39.3. The zero-order valence-electron chi connectivity index (χ0n) is 30.4. The maximum atomic E-state index is 13.5. The molecule has 4 amide bonds. The van der Waals surface area contributed by atoms with Crippen LogP contribution in [0.1, 0.15) is 74.4 Å². The number of likely N-dealkylation sites (N-methyl/N-ethyl adjacent to an activating group) is 1. The quantitative estimate of drug-likeness (QED) is 0.0543. The first-order valence-electron chi connectivity index (χ1n) is 17.9. The van der Waals surface area contributed by atoms with Gasteiger partial charge in [0.2, 0.25) is 0 Å². The van der Waals surface area contributed by atoms with E-state index in [9.17, 15) is 49.2 Å². The molecule has 0 saturated carbocycles. The van der Waals surface area contributed by atoms with Gasteiger partial charge >= 0.3 is 0 Å². The number of hydrogen-bond donors (Lipinski definition) is 7. The van der Waals surface area contributed by atoms with Gasteiger partial charge in [-0.2, -0.15) is 0 Å². The van der Waals surface area contributed by atoms with Crippen molar-refractivity contribution in [3.05, 3.63) is 102 Å². The molecular weight excluding hydrogens is 722 g/mol. The lowest BCUT2D eigenvalue weighted by Gasteiger charge is -2.25. The lowest BCUT2D eigenvalue weighted by Crippen LogP contribution is -2.50. The second-order valence-electron chi connectivity index (χ2n) is 12.7. The minimum absolute atomic E-state index is 0.0304. The van der Waals surface area contributed by atoms with Gasteiger partial charge in [-0.15, -0.1) is 14.2 Å². The van der Waals surface area contributed by atoms with E-state index in [1.54, 1.807) is 0 Å². The molecule has 55 heavy (non-hydrogen) atoms. The predicted octanol–water partition coefficient (Wildman–Crippen LogP) is -1.48. The third-order valence-corrected chi connectivity index (χ3v) is 8.90. The van der Waals surface area contributed by atoms with E-state index in [2.05, 4.69) is 16.0 Å². The van der Waals surface area contributed by atoms with Gasteiger partial charge in [-0.1, -0.05) is 19.1 Å². The van der Waals surface area contributed by atoms with Crippen molar-refractivity contribution < 1.29 is 39.5 Å². The minimum atomic E-state index is -1.10. The highest BCUT2D eigenvalue weighted by atomic mass is 16.5. The number of ether oxygens (including phenoxy) is 1. The van der Waals surface area contributed by atoms with Crippen molar-refractivity contribution in [2.75, 3.05) is 59.0 Å². The molecule has 1 aliphatic heterocycles. The van der Waals surface area contributed by atoms with E-state index in [1.807, 2.05) is 6.92 Å². The molecule has 4 rings (SSSR count). The summed E-state index contributed by atoms with van der Waals surface area (Å²) in [6.07, 6.45) is 1.32. The molecule has 0 unspecified atom stereocenters. The van der Waals surface area contributed by atoms with Gasteiger partial charge in [-0.25, -0.2) is 0 Å². The fourth-order valence-corrected chi connectivity index (χ4v) is 5.97. The maximum Gasteiger partial charge on any atom is 0.296 e. The number of carbonyl (C=O) groups is 4. The third kappa shape index (κ3) is 10.6. The minimum Gasteiger partial charge on any atom is -0.425 e. The number of aromatic nitrogens is 3. The molecule has 0 spiro atoms. The zero-order chi connectivity index (χ0) is 40.1. The Morgan fingerprint density at radius 1 is 0.727 bits per heavy atom. The summed E-state index contributed by atoms with van der Waals surface area (Å²) in [5.74, 6) is -2.84. The monoisotopic (exact) mass is 769 g/mol. The van der Waals surface area contributed by atoms with Crippen LogP contribution in [0, 0.1) is 0 Å². The highest BCUT2D eigenvalue weighted by Gasteiger charge is 2.30. The average Bonchev–Trinajstić information content (AvgIpc) is 3.60. The molecule has 3 aromatic rings. The Labute approximate surface area is 314 Å². The van der Waals surface area contributed by atoms with E-state index >= 15 is 0 Å². The number of nitrogens with zero attached hydrogens (tertiary/aromatic N) is 5. The van der Waals surface area contributed by atoms with Crippen LogP contribution >= 0.6 is 0 Å². The van der Waals surface area contributed by atoms with Crippen LogP contribution < -0.4 is 38.4 Å². The van der Waals surface area contributed by atoms with Gasteiger partial charge in [0.15, 0.2) is 0 Å². The SMILES string of the molecule is CCN[C@H]1COC[C@H]1NC(=O)c1ccc(C(=O)NCCCN(CCCCN(CCCN)C(=O)c2cccc(=O)n2O)C(=O)c2cccc(=O)n2O)n(O)c1=O. The van der Waals surface area contributed by atoms with Gasteiger partial charge in [0.25, 0.3) is 40.3 Å². The van der Waals surface area contributed by atoms with Crippen LogP contribution in [0.25, 0.3) is 0 Å². The van der Waals surface area contributed by atoms with Crippen molar-refractivity contribution in [1.29, 1.82) is 0 Å². The van der Waals surface area contributed by atoms with Crippen LogP contribution in [0.2, 0.25) is 0 Å². The largest absolute Gasteiger partial charge is 0.425 e. The fourth-order valence-electron chi connectivity index (χ4n) is 5.97. The molecular formula is C35H47N9O11. The molecule has 0 bridgehead atoms. The third-order valence-electron chi connectivity index (χ3n) is 8.90. The highest BCUT2D eigenvalue weighted by molar-refractivity contribution is 5.96. The number of hydrogen-bond acceptors (Lipinski definition) is 13. The predicted molar refractivity (Wildman–Crippen MR) is 195 cm³/mol. The lowest BCUT2D eigenvalue weighted by molar-refractivity contribution is 0.0658. The molecule has 1 fully saturated rings. The Bertz CT molecular complexity index is 2010. The second-order valence-corrected chi connectivity index (χ2v) is 12.7. The summed E-state index contributed by atoms with van der Waals surface area (Å²) < 4.78 is 5.98. The number of carbonyl (C=O) groups excluding carboxylic acids is 4. The van der Waals surface area contributed by atoms with Crippen LogP contribution in [-0.2, 0) is 4.74 Å². The van der Waals surface area contributed by atoms with Crippen molar-refractivity contribution in [2.45, 2.75) is 44.7 Å². The van der Waals surface area contributed by atoms with Gasteiger partial charge in [0, 0.05) is 44.9 Å². The summed E-state index contributed by atoms with van der Waals surface area (Å²) in [4.78, 5) is 92.0. The van der Waals surface area contributed by atoms with Crippen LogP contribution in [0.5, 0.6) is 0 Å². The van der Waals surface area contributed by atoms with Crippen LogP contribution in [0.15, 0.2) is 62.9 Å². The molecule has 3 aromatic heterocycles. The topological polar surface area (TPSA) is 273 Å². The summed E-state index contributed by atoms with van der Waals surface area (Å²) in [6, 6.07) is 9.15. The van der Waals surface area contributed by atoms with E-state index in [1.165, 1.54) is 34.1 Å². The number of amides is 4. The van der Waals surface area contributed by atoms with E-state index in [0.29, 0.717) is 32.4 Å². The van der Waals surface area contributed by atoms with E-state index in [0.717, 1.165) is 24.3 Å². The molecule has 0 radical (unpaired) electrons. The Kier molecular flexibility index (Phi) is 15.1. The van der Waals surface area contributed by atoms with Gasteiger partial charge in [-0.05, 0) is 63.0 Å². The molecule has 20 heteroatoms. The van der Waals surface area contributed by atoms with Crippen molar-refractivity contribution in [2.24, 2.45) is 5.73 Å². The number of pyridine rings is 3. The highest BCUT2D eigenvalue weighted by Crippen LogP contribution is 2.10. The normalized spacial score (nSPS) is 15.0. The van der Waals surface area contributed by atoms with Crippen LogP contribution in [-0.4, -0.2) is 134 Å². The van der Waals surface area contributed by atoms with Crippen molar-refractivity contribution in [3.8, 4) is 0 Å². The standard InChI is InChI=1S/C35H47N9O11/c1-2-37-24-21-55-22-25(24)39-31(47)23-13-14-26(44(54)33(23)49)32(48)38-16-8-20-41(35(51)28-10-6-12-30(46)43(28)53)18-4-3-17-40(19-7-15-36)34(50)27-9-5-11-29(45)42(27)52/h5-6,9-14,24-25,37,52-54H,2-4,7-8,15-22,36H2,1H3,(H,38,48)(H,39,47)/t24-,25+/m0/s1. The molecule has 8 N–H and O–H groups in total. The van der Waals surface area contributed by atoms with Crippen molar-refractivity contribution >= 4 is 23.6 Å². The number of nitrogens with one attached hydrogen (secondary N) is 3. The Morgan fingerprint density at radius 2 is 1.27 bits per heavy atom. The molecule has 1 aliphatic rings. The van der Waals surface area contributed by atoms with E-state index in [-0.39, 0.29) is 89.5 Å². The number of rotatable bonds is 19. The fraction of sp³-hybridized carbons (Fsp3) is 0.457. The van der Waals surface area contributed by atoms with E-state index < -0.39 is 52.0 Å². The summed E-state index contributed by atoms with van der Waals surface area (Å²) >= 11 is 0. The number of nitrogens with two attached hydrogens (primary N) is 1. The molecule has 4 heterocycles. The molecule has 0 aliphatic carbocycles. The van der Waals surface area contributed by atoms with Crippen LogP contribution in [0.3, 0.4) is 0 Å². The maximum absolute atomic E-state index is 13.5. The van der Waals surface area contributed by atoms with Crippen LogP contribution in [0.4, 0.5) is 0 Å². The molecule has 20 nitrogen and oxygen atoms in total. The molecule has 298 valence electrons. The first-order chi connectivity index (χ1) is 26.4. The van der Waals surface area contributed by atoms with Gasteiger partial charge in [0.05, 0.1) is 25.3 Å². The summed E-state index contributed by atoms with van der Waals surface area (Å²) in [6.45, 7) is 3.99. The summed E-state index contributed by atoms with van der Waals surface area (Å²) in [7, 11) is 0. The van der Waals surface area contributed by atoms with E-state index in [4.69, 9.17) is 10.5 Å². The Morgan fingerprint density at radius 3 is 1.84 bits per heavy atom. The number of unbranched alkanes of at least 4 members (excludes halogenated alkanes) is 1. The first-order valence-corrected chi connectivity index (χ1v) is 17.9.